The second kappa shape index (κ2) is 6.03. The number of benzene rings is 2. The number of hydrogen-bond acceptors (Lipinski definition) is 4. The minimum absolute atomic E-state index is 0.450. The van der Waals surface area contributed by atoms with Gasteiger partial charge in [0.15, 0.2) is 12.0 Å². The number of anilines is 1. The fourth-order valence-corrected chi connectivity index (χ4v) is 2.40. The van der Waals surface area contributed by atoms with Crippen molar-refractivity contribution in [3.05, 3.63) is 71.8 Å². The normalized spacial score (nSPS) is 15.8. The lowest BCUT2D eigenvalue weighted by atomic mass is 10.1. The van der Waals surface area contributed by atoms with E-state index in [9.17, 15) is 10.1 Å². The fourth-order valence-electron chi connectivity index (χ4n) is 2.40. The van der Waals surface area contributed by atoms with Gasteiger partial charge in [0, 0.05) is 17.2 Å². The predicted molar refractivity (Wildman–Crippen MR) is 87.8 cm³/mol. The number of nitrogens with two attached hydrogens (primary N) is 1. The number of rotatable bonds is 2. The molecule has 0 saturated carbocycles. The van der Waals surface area contributed by atoms with E-state index in [0.717, 1.165) is 16.0 Å². The molecule has 6 nitrogen and oxygen atoms in total. The average Bonchev–Trinajstić information content (AvgIpc) is 2.94. The van der Waals surface area contributed by atoms with Crippen LogP contribution in [0.15, 0.2) is 65.8 Å². The number of amides is 1. The highest BCUT2D eigenvalue weighted by molar-refractivity contribution is 6.16. The van der Waals surface area contributed by atoms with Gasteiger partial charge in [0.1, 0.15) is 0 Å². The Labute approximate surface area is 133 Å². The second-order valence-electron chi connectivity index (χ2n) is 4.82. The van der Waals surface area contributed by atoms with Crippen molar-refractivity contribution in [2.24, 2.45) is 10.9 Å². The first kappa shape index (κ1) is 14.4. The first-order valence-corrected chi connectivity index (χ1v) is 6.90. The summed E-state index contributed by atoms with van der Waals surface area (Å²) >= 11 is 0. The van der Waals surface area contributed by atoms with E-state index in [1.807, 2.05) is 36.5 Å². The Morgan fingerprint density at radius 2 is 1.78 bits per heavy atom. The Morgan fingerprint density at radius 1 is 1.13 bits per heavy atom. The number of amidine groups is 1. The first-order valence-electron chi connectivity index (χ1n) is 6.90. The molecule has 1 aliphatic heterocycles. The van der Waals surface area contributed by atoms with E-state index in [1.54, 1.807) is 24.3 Å². The van der Waals surface area contributed by atoms with Gasteiger partial charge in [0.2, 0.25) is 0 Å². The van der Waals surface area contributed by atoms with E-state index in [1.165, 1.54) is 6.08 Å². The summed E-state index contributed by atoms with van der Waals surface area (Å²) in [5, 5.41) is 16.0. The molecule has 1 aliphatic rings. The molecular formula is C17H13N5O. The van der Waals surface area contributed by atoms with E-state index >= 15 is 0 Å². The number of fused-ring (bicyclic) bond motifs is 1. The third-order valence-corrected chi connectivity index (χ3v) is 3.46. The number of para-hydroxylation sites is 1. The summed E-state index contributed by atoms with van der Waals surface area (Å²) in [6, 6.07) is 16.2. The quantitative estimate of drug-likeness (QED) is 0.290. The Morgan fingerprint density at radius 3 is 2.43 bits per heavy atom. The predicted octanol–water partition coefficient (Wildman–Crippen LogP) is 1.77. The van der Waals surface area contributed by atoms with Crippen molar-refractivity contribution in [1.82, 2.24) is 5.32 Å². The topological polar surface area (TPSA) is 94.5 Å². The van der Waals surface area contributed by atoms with E-state index < -0.39 is 5.91 Å². The van der Waals surface area contributed by atoms with Crippen LogP contribution in [0.3, 0.4) is 0 Å². The van der Waals surface area contributed by atoms with Crippen molar-refractivity contribution in [3.63, 3.8) is 0 Å². The molecule has 0 aromatic heterocycles. The summed E-state index contributed by atoms with van der Waals surface area (Å²) in [5.74, 6) is 5.41. The molecule has 0 unspecified atom stereocenters. The standard InChI is InChI=1S/C17H13N5O/c18-11-22(12-6-2-1-3-7-12)16(23)10-15-13-8-4-5-9-14(13)17(20-15)21-19/h1-10H,19H2,(H,20,21)/b15-10-. The van der Waals surface area contributed by atoms with Gasteiger partial charge in [-0.15, -0.1) is 0 Å². The zero-order valence-electron chi connectivity index (χ0n) is 12.1. The molecule has 0 fully saturated rings. The summed E-state index contributed by atoms with van der Waals surface area (Å²) in [5.41, 5.74) is 2.70. The van der Waals surface area contributed by atoms with Crippen LogP contribution in [0.2, 0.25) is 0 Å². The van der Waals surface area contributed by atoms with Gasteiger partial charge in [-0.1, -0.05) is 42.5 Å². The molecule has 0 spiro atoms. The number of carbonyl (C=O) groups excluding carboxylic acids is 1. The molecule has 0 atom stereocenters. The molecule has 1 heterocycles. The molecule has 0 saturated heterocycles. The van der Waals surface area contributed by atoms with E-state index in [4.69, 9.17) is 5.84 Å². The van der Waals surface area contributed by atoms with E-state index in [-0.39, 0.29) is 0 Å². The Hall–Kier alpha value is -3.59. The first-order chi connectivity index (χ1) is 11.2. The summed E-state index contributed by atoms with van der Waals surface area (Å²) in [6.07, 6.45) is 3.27. The summed E-state index contributed by atoms with van der Waals surface area (Å²) in [4.78, 5) is 13.5. The van der Waals surface area contributed by atoms with Gasteiger partial charge >= 0.3 is 0 Å². The molecule has 23 heavy (non-hydrogen) atoms. The minimum atomic E-state index is -0.450. The van der Waals surface area contributed by atoms with Crippen LogP contribution in [0.1, 0.15) is 11.1 Å². The van der Waals surface area contributed by atoms with Gasteiger partial charge in [-0.2, -0.15) is 10.4 Å². The number of hydrazone groups is 1. The molecule has 0 radical (unpaired) electrons. The van der Waals surface area contributed by atoms with Crippen molar-refractivity contribution >= 4 is 23.1 Å². The fraction of sp³-hybridized carbons (Fsp3) is 0. The maximum absolute atomic E-state index is 12.5. The van der Waals surface area contributed by atoms with E-state index in [0.29, 0.717) is 17.2 Å². The van der Waals surface area contributed by atoms with Crippen LogP contribution < -0.4 is 16.1 Å². The number of nitrogens with zero attached hydrogens (tertiary/aromatic N) is 3. The molecular weight excluding hydrogens is 290 g/mol. The Bertz CT molecular complexity index is 849. The maximum atomic E-state index is 12.5. The largest absolute Gasteiger partial charge is 0.338 e. The highest BCUT2D eigenvalue weighted by Crippen LogP contribution is 2.25. The third-order valence-electron chi connectivity index (χ3n) is 3.46. The minimum Gasteiger partial charge on any atom is -0.338 e. The number of carbonyl (C=O) groups is 1. The van der Waals surface area contributed by atoms with Crippen LogP contribution >= 0.6 is 0 Å². The Balaban J connectivity index is 1.96. The lowest BCUT2D eigenvalue weighted by Gasteiger charge is -2.11. The van der Waals surface area contributed by atoms with Gasteiger partial charge in [-0.05, 0) is 12.1 Å². The summed E-state index contributed by atoms with van der Waals surface area (Å²) in [7, 11) is 0. The van der Waals surface area contributed by atoms with Crippen LogP contribution in [-0.2, 0) is 4.79 Å². The number of hydrogen-bond donors (Lipinski definition) is 2. The second-order valence-corrected chi connectivity index (χ2v) is 4.82. The van der Waals surface area contributed by atoms with E-state index in [2.05, 4.69) is 10.4 Å². The SMILES string of the molecule is N#CN(C(=O)/C=C1\N/C(=N\N)c2ccccc21)c1ccccc1. The maximum Gasteiger partial charge on any atom is 0.266 e. The molecule has 2 aromatic rings. The van der Waals surface area contributed by atoms with Gasteiger partial charge < -0.3 is 11.2 Å². The third kappa shape index (κ3) is 2.63. The summed E-state index contributed by atoms with van der Waals surface area (Å²) < 4.78 is 0. The molecule has 0 aliphatic carbocycles. The van der Waals surface area contributed by atoms with Crippen LogP contribution in [0, 0.1) is 11.5 Å². The van der Waals surface area contributed by atoms with Crippen molar-refractivity contribution < 1.29 is 4.79 Å². The van der Waals surface area contributed by atoms with Crippen LogP contribution in [-0.4, -0.2) is 11.7 Å². The Kier molecular flexibility index (Phi) is 3.77. The molecule has 2 aromatic carbocycles. The molecule has 0 bridgehead atoms. The summed E-state index contributed by atoms with van der Waals surface area (Å²) in [6.45, 7) is 0. The van der Waals surface area contributed by atoms with Crippen molar-refractivity contribution in [1.29, 1.82) is 5.26 Å². The van der Waals surface area contributed by atoms with Crippen molar-refractivity contribution in [2.45, 2.75) is 0 Å². The average molecular weight is 303 g/mol. The smallest absolute Gasteiger partial charge is 0.266 e. The van der Waals surface area contributed by atoms with Crippen LogP contribution in [0.4, 0.5) is 5.69 Å². The van der Waals surface area contributed by atoms with Crippen LogP contribution in [0.25, 0.3) is 5.70 Å². The molecule has 6 heteroatoms. The molecule has 3 N–H and O–H groups in total. The van der Waals surface area contributed by atoms with Crippen molar-refractivity contribution in [3.8, 4) is 6.19 Å². The number of nitrogens with one attached hydrogen (secondary N) is 1. The highest BCUT2D eigenvalue weighted by atomic mass is 16.2. The van der Waals surface area contributed by atoms with Gasteiger partial charge in [-0.3, -0.25) is 4.79 Å². The van der Waals surface area contributed by atoms with Gasteiger partial charge in [-0.25, -0.2) is 4.90 Å². The number of nitriles is 1. The molecule has 1 amide bonds. The highest BCUT2D eigenvalue weighted by Gasteiger charge is 2.23. The lowest BCUT2D eigenvalue weighted by molar-refractivity contribution is -0.113. The van der Waals surface area contributed by atoms with Crippen LogP contribution in [0.5, 0.6) is 0 Å². The zero-order valence-corrected chi connectivity index (χ0v) is 12.1. The monoisotopic (exact) mass is 303 g/mol. The molecule has 3 rings (SSSR count). The van der Waals surface area contributed by atoms with Gasteiger partial charge in [0.05, 0.1) is 11.4 Å². The van der Waals surface area contributed by atoms with Crippen molar-refractivity contribution in [2.75, 3.05) is 4.90 Å². The van der Waals surface area contributed by atoms with Gasteiger partial charge in [0.25, 0.3) is 5.91 Å². The molecule has 112 valence electrons. The zero-order chi connectivity index (χ0) is 16.2. The lowest BCUT2D eigenvalue weighted by Crippen LogP contribution is -2.25.